The lowest BCUT2D eigenvalue weighted by Gasteiger charge is -2.24. The van der Waals surface area contributed by atoms with E-state index >= 15 is 0 Å². The number of ketones is 1. The predicted octanol–water partition coefficient (Wildman–Crippen LogP) is 2.41. The lowest BCUT2D eigenvalue weighted by Crippen LogP contribution is -2.39. The highest BCUT2D eigenvalue weighted by Crippen LogP contribution is 2.36. The Balaban J connectivity index is 2.36. The van der Waals surface area contributed by atoms with E-state index < -0.39 is 10.0 Å². The van der Waals surface area contributed by atoms with Crippen molar-refractivity contribution in [3.05, 3.63) is 14.7 Å². The summed E-state index contributed by atoms with van der Waals surface area (Å²) in [5.74, 6) is -0.0720. The van der Waals surface area contributed by atoms with Crippen LogP contribution in [0.2, 0.25) is 8.67 Å². The van der Waals surface area contributed by atoms with E-state index in [0.29, 0.717) is 23.7 Å². The van der Waals surface area contributed by atoms with Gasteiger partial charge in [-0.1, -0.05) is 23.2 Å². The van der Waals surface area contributed by atoms with Crippen molar-refractivity contribution in [2.45, 2.75) is 17.7 Å². The first-order valence-electron chi connectivity index (χ1n) is 4.88. The molecule has 4 nitrogen and oxygen atoms in total. The van der Waals surface area contributed by atoms with E-state index in [0.717, 1.165) is 15.6 Å². The number of carbonyl (C=O) groups is 1. The average Bonchev–Trinajstić information content (AvgIpc) is 2.58. The molecule has 1 aliphatic rings. The van der Waals surface area contributed by atoms with Crippen LogP contribution in [0.1, 0.15) is 12.8 Å². The Bertz CT molecular complexity index is 553. The monoisotopic (exact) mass is 313 g/mol. The van der Waals surface area contributed by atoms with Crippen molar-refractivity contribution in [1.29, 1.82) is 0 Å². The summed E-state index contributed by atoms with van der Waals surface area (Å²) in [7, 11) is -3.70. The average molecular weight is 314 g/mol. The van der Waals surface area contributed by atoms with E-state index in [4.69, 9.17) is 23.2 Å². The second kappa shape index (κ2) is 4.85. The number of nitrogens with zero attached hydrogens (tertiary/aromatic N) is 1. The van der Waals surface area contributed by atoms with Gasteiger partial charge in [-0.2, -0.15) is 4.31 Å². The first kappa shape index (κ1) is 13.3. The fourth-order valence-electron chi connectivity index (χ4n) is 1.65. The van der Waals surface area contributed by atoms with Gasteiger partial charge in [0.15, 0.2) is 0 Å². The summed E-state index contributed by atoms with van der Waals surface area (Å²) in [4.78, 5) is 11.3. The third kappa shape index (κ3) is 2.66. The molecule has 0 atom stereocenters. The van der Waals surface area contributed by atoms with Gasteiger partial charge in [0.1, 0.15) is 15.0 Å². The molecule has 1 aromatic rings. The number of carbonyl (C=O) groups excluding carboxylic acids is 1. The fourth-order valence-corrected chi connectivity index (χ4v) is 5.23. The standard InChI is InChI=1S/C9H9Cl2NO3S2/c10-8-4-7(9(11)16-8)17(14,15)12-3-1-2-6(13)5-12/h4H,1-3,5H2. The Labute approximate surface area is 113 Å². The molecule has 0 aromatic carbocycles. The van der Waals surface area contributed by atoms with E-state index in [9.17, 15) is 13.2 Å². The van der Waals surface area contributed by atoms with E-state index in [1.807, 2.05) is 0 Å². The minimum atomic E-state index is -3.70. The van der Waals surface area contributed by atoms with Gasteiger partial charge in [-0.15, -0.1) is 11.3 Å². The van der Waals surface area contributed by atoms with Gasteiger partial charge in [0, 0.05) is 13.0 Å². The van der Waals surface area contributed by atoms with E-state index in [-0.39, 0.29) is 21.6 Å². The van der Waals surface area contributed by atoms with Crippen LogP contribution in [-0.2, 0) is 14.8 Å². The predicted molar refractivity (Wildman–Crippen MR) is 67.3 cm³/mol. The lowest BCUT2D eigenvalue weighted by molar-refractivity contribution is -0.120. The summed E-state index contributed by atoms with van der Waals surface area (Å²) < 4.78 is 26.0. The number of thiophene rings is 1. The molecule has 8 heteroatoms. The molecular formula is C9H9Cl2NO3S2. The third-order valence-corrected chi connectivity index (χ3v) is 6.06. The first-order valence-corrected chi connectivity index (χ1v) is 7.89. The molecule has 1 fully saturated rings. The highest BCUT2D eigenvalue weighted by Gasteiger charge is 2.31. The first-order chi connectivity index (χ1) is 7.91. The summed E-state index contributed by atoms with van der Waals surface area (Å²) in [5, 5.41) is 0. The van der Waals surface area contributed by atoms with Gasteiger partial charge in [-0.3, -0.25) is 4.79 Å². The zero-order chi connectivity index (χ0) is 12.6. The Morgan fingerprint density at radius 2 is 2.06 bits per heavy atom. The Morgan fingerprint density at radius 1 is 1.35 bits per heavy atom. The molecule has 0 unspecified atom stereocenters. The minimum Gasteiger partial charge on any atom is -0.298 e. The summed E-state index contributed by atoms with van der Waals surface area (Å²) >= 11 is 12.6. The number of hydrogen-bond acceptors (Lipinski definition) is 4. The van der Waals surface area contributed by atoms with Gasteiger partial charge in [-0.25, -0.2) is 8.42 Å². The quantitative estimate of drug-likeness (QED) is 0.842. The summed E-state index contributed by atoms with van der Waals surface area (Å²) in [6.07, 6.45) is 0.984. The Kier molecular flexibility index (Phi) is 3.80. The summed E-state index contributed by atoms with van der Waals surface area (Å²) in [6, 6.07) is 1.32. The molecule has 94 valence electrons. The Hall–Kier alpha value is -0.140. The molecule has 0 spiro atoms. The highest BCUT2D eigenvalue weighted by atomic mass is 35.5. The van der Waals surface area contributed by atoms with Crippen LogP contribution in [0.15, 0.2) is 11.0 Å². The van der Waals surface area contributed by atoms with Gasteiger partial charge in [0.2, 0.25) is 10.0 Å². The number of Topliss-reactive ketones (excluding diaryl/α,β-unsaturated/α-hetero) is 1. The molecule has 1 saturated heterocycles. The van der Waals surface area contributed by atoms with Crippen molar-refractivity contribution in [3.63, 3.8) is 0 Å². The Morgan fingerprint density at radius 3 is 2.59 bits per heavy atom. The van der Waals surface area contributed by atoms with E-state index in [1.165, 1.54) is 6.07 Å². The number of hydrogen-bond donors (Lipinski definition) is 0. The van der Waals surface area contributed by atoms with Gasteiger partial charge in [0.25, 0.3) is 0 Å². The molecule has 0 radical (unpaired) electrons. The maximum absolute atomic E-state index is 12.2. The van der Waals surface area contributed by atoms with Crippen LogP contribution in [0.3, 0.4) is 0 Å². The van der Waals surface area contributed by atoms with E-state index in [1.54, 1.807) is 0 Å². The van der Waals surface area contributed by atoms with Crippen molar-refractivity contribution in [2.75, 3.05) is 13.1 Å². The molecular weight excluding hydrogens is 305 g/mol. The van der Waals surface area contributed by atoms with Crippen molar-refractivity contribution >= 4 is 50.3 Å². The molecule has 2 rings (SSSR count). The van der Waals surface area contributed by atoms with Crippen molar-refractivity contribution < 1.29 is 13.2 Å². The summed E-state index contributed by atoms with van der Waals surface area (Å²) in [6.45, 7) is 0.268. The zero-order valence-corrected chi connectivity index (χ0v) is 11.8. The van der Waals surface area contributed by atoms with Crippen LogP contribution in [0, 0.1) is 0 Å². The fraction of sp³-hybridized carbons (Fsp3) is 0.444. The number of piperidine rings is 1. The van der Waals surface area contributed by atoms with Crippen LogP contribution in [0.5, 0.6) is 0 Å². The number of rotatable bonds is 2. The number of sulfonamides is 1. The molecule has 1 aromatic heterocycles. The normalized spacial score (nSPS) is 18.6. The van der Waals surface area contributed by atoms with E-state index in [2.05, 4.69) is 0 Å². The van der Waals surface area contributed by atoms with Crippen molar-refractivity contribution in [3.8, 4) is 0 Å². The van der Waals surface area contributed by atoms with Gasteiger partial charge < -0.3 is 0 Å². The smallest absolute Gasteiger partial charge is 0.245 e. The molecule has 2 heterocycles. The topological polar surface area (TPSA) is 54.5 Å². The van der Waals surface area contributed by atoms with Crippen molar-refractivity contribution in [1.82, 2.24) is 4.31 Å². The van der Waals surface area contributed by atoms with Crippen LogP contribution >= 0.6 is 34.5 Å². The lowest BCUT2D eigenvalue weighted by atomic mass is 10.1. The minimum absolute atomic E-state index is 0.0103. The molecule has 0 amide bonds. The molecule has 0 bridgehead atoms. The van der Waals surface area contributed by atoms with Gasteiger partial charge in [0.05, 0.1) is 10.9 Å². The maximum atomic E-state index is 12.2. The summed E-state index contributed by atoms with van der Waals surface area (Å²) in [5.41, 5.74) is 0. The molecule has 0 N–H and O–H groups in total. The second-order valence-electron chi connectivity index (χ2n) is 3.67. The second-order valence-corrected chi connectivity index (χ2v) is 7.86. The SMILES string of the molecule is O=C1CCCN(S(=O)(=O)c2cc(Cl)sc2Cl)C1. The largest absolute Gasteiger partial charge is 0.298 e. The van der Waals surface area contributed by atoms with Crippen LogP contribution in [-0.4, -0.2) is 31.6 Å². The van der Waals surface area contributed by atoms with Gasteiger partial charge >= 0.3 is 0 Å². The number of halogens is 2. The molecule has 0 aliphatic carbocycles. The van der Waals surface area contributed by atoms with Crippen molar-refractivity contribution in [2.24, 2.45) is 0 Å². The van der Waals surface area contributed by atoms with Crippen LogP contribution in [0.4, 0.5) is 0 Å². The maximum Gasteiger partial charge on any atom is 0.245 e. The molecule has 17 heavy (non-hydrogen) atoms. The molecule has 1 aliphatic heterocycles. The van der Waals surface area contributed by atoms with Crippen LogP contribution < -0.4 is 0 Å². The van der Waals surface area contributed by atoms with Crippen LogP contribution in [0.25, 0.3) is 0 Å². The zero-order valence-electron chi connectivity index (χ0n) is 8.65. The third-order valence-electron chi connectivity index (χ3n) is 2.46. The van der Waals surface area contributed by atoms with Gasteiger partial charge in [-0.05, 0) is 12.5 Å². The molecule has 0 saturated carbocycles. The highest BCUT2D eigenvalue weighted by molar-refractivity contribution is 7.89.